The van der Waals surface area contributed by atoms with Crippen molar-refractivity contribution in [3.8, 4) is 5.75 Å². The fourth-order valence-corrected chi connectivity index (χ4v) is 2.10. The highest BCUT2D eigenvalue weighted by atomic mass is 16.5. The minimum Gasteiger partial charge on any atom is -0.489 e. The Labute approximate surface area is 132 Å². The molecule has 1 unspecified atom stereocenters. The summed E-state index contributed by atoms with van der Waals surface area (Å²) in [6, 6.07) is 15.7. The van der Waals surface area contributed by atoms with Crippen LogP contribution in [-0.2, 0) is 6.61 Å². The number of carbonyl (C=O) groups excluding carboxylic acids is 1. The topological polar surface area (TPSA) is 38.3 Å². The number of hydrogen-bond donors (Lipinski definition) is 1. The molecule has 0 radical (unpaired) electrons. The van der Waals surface area contributed by atoms with Crippen LogP contribution in [0.2, 0.25) is 0 Å². The molecule has 2 rings (SSSR count). The van der Waals surface area contributed by atoms with Crippen LogP contribution in [0.1, 0.15) is 41.8 Å². The smallest absolute Gasteiger partial charge is 0.251 e. The summed E-state index contributed by atoms with van der Waals surface area (Å²) >= 11 is 0. The summed E-state index contributed by atoms with van der Waals surface area (Å²) in [5.41, 5.74) is 2.96. The first-order valence-electron chi connectivity index (χ1n) is 7.67. The maximum atomic E-state index is 12.1. The Morgan fingerprint density at radius 2 is 1.95 bits per heavy atom. The zero-order valence-electron chi connectivity index (χ0n) is 13.4. The van der Waals surface area contributed by atoms with E-state index >= 15 is 0 Å². The first-order chi connectivity index (χ1) is 10.6. The summed E-state index contributed by atoms with van der Waals surface area (Å²) in [5, 5.41) is 2.96. The number of hydrogen-bond acceptors (Lipinski definition) is 2. The Kier molecular flexibility index (Phi) is 5.59. The van der Waals surface area contributed by atoms with E-state index in [1.165, 1.54) is 5.56 Å². The molecule has 3 heteroatoms. The van der Waals surface area contributed by atoms with Gasteiger partial charge in [-0.3, -0.25) is 4.79 Å². The minimum absolute atomic E-state index is 0.0599. The molecule has 2 aromatic rings. The second kappa shape index (κ2) is 7.64. The van der Waals surface area contributed by atoms with Gasteiger partial charge in [0.15, 0.2) is 0 Å². The summed E-state index contributed by atoms with van der Waals surface area (Å²) < 4.78 is 5.79. The van der Waals surface area contributed by atoms with Gasteiger partial charge in [-0.25, -0.2) is 0 Å². The van der Waals surface area contributed by atoms with Crippen molar-refractivity contribution < 1.29 is 9.53 Å². The second-order valence-electron chi connectivity index (χ2n) is 5.59. The molecule has 1 N–H and O–H groups in total. The average molecular weight is 297 g/mol. The van der Waals surface area contributed by atoms with Crippen molar-refractivity contribution in [1.29, 1.82) is 0 Å². The van der Waals surface area contributed by atoms with Gasteiger partial charge in [-0.05, 0) is 44.0 Å². The summed E-state index contributed by atoms with van der Waals surface area (Å²) in [7, 11) is 0. The number of ether oxygens (including phenoxy) is 1. The van der Waals surface area contributed by atoms with Crippen molar-refractivity contribution in [2.75, 3.05) is 0 Å². The molecule has 0 bridgehead atoms. The SMILES string of the molecule is CCC(C)NC(=O)c1cccc(OCc2cccc(C)c2)c1. The fraction of sp³-hybridized carbons (Fsp3) is 0.316. The first kappa shape index (κ1) is 16.1. The zero-order chi connectivity index (χ0) is 15.9. The van der Waals surface area contributed by atoms with Crippen molar-refractivity contribution in [3.05, 3.63) is 65.2 Å². The Morgan fingerprint density at radius 1 is 1.18 bits per heavy atom. The number of carbonyl (C=O) groups is 1. The van der Waals surface area contributed by atoms with Crippen LogP contribution in [0.5, 0.6) is 5.75 Å². The van der Waals surface area contributed by atoms with Gasteiger partial charge in [-0.1, -0.05) is 42.8 Å². The van der Waals surface area contributed by atoms with Crippen LogP contribution in [-0.4, -0.2) is 11.9 Å². The molecule has 3 nitrogen and oxygen atoms in total. The van der Waals surface area contributed by atoms with E-state index in [0.717, 1.165) is 12.0 Å². The van der Waals surface area contributed by atoms with Crippen LogP contribution in [0.15, 0.2) is 48.5 Å². The molecule has 0 aliphatic rings. The molecule has 0 saturated heterocycles. The fourth-order valence-electron chi connectivity index (χ4n) is 2.10. The summed E-state index contributed by atoms with van der Waals surface area (Å²) in [6.07, 6.45) is 0.912. The van der Waals surface area contributed by atoms with Crippen LogP contribution >= 0.6 is 0 Å². The van der Waals surface area contributed by atoms with Gasteiger partial charge in [0, 0.05) is 11.6 Å². The third-order valence-corrected chi connectivity index (χ3v) is 3.57. The number of benzene rings is 2. The molecular weight excluding hydrogens is 274 g/mol. The molecule has 116 valence electrons. The molecule has 0 fully saturated rings. The van der Waals surface area contributed by atoms with E-state index < -0.39 is 0 Å². The van der Waals surface area contributed by atoms with Crippen molar-refractivity contribution in [2.24, 2.45) is 0 Å². The maximum Gasteiger partial charge on any atom is 0.251 e. The maximum absolute atomic E-state index is 12.1. The molecule has 0 aliphatic carbocycles. The highest BCUT2D eigenvalue weighted by Gasteiger charge is 2.09. The predicted octanol–water partition coefficient (Wildman–Crippen LogP) is 4.10. The van der Waals surface area contributed by atoms with Gasteiger partial charge in [-0.15, -0.1) is 0 Å². The molecule has 0 aliphatic heterocycles. The van der Waals surface area contributed by atoms with E-state index in [-0.39, 0.29) is 11.9 Å². The normalized spacial score (nSPS) is 11.8. The van der Waals surface area contributed by atoms with E-state index in [2.05, 4.69) is 24.4 Å². The Hall–Kier alpha value is -2.29. The van der Waals surface area contributed by atoms with Crippen molar-refractivity contribution >= 4 is 5.91 Å². The molecule has 22 heavy (non-hydrogen) atoms. The van der Waals surface area contributed by atoms with Crippen LogP contribution < -0.4 is 10.1 Å². The van der Waals surface area contributed by atoms with Gasteiger partial charge >= 0.3 is 0 Å². The van der Waals surface area contributed by atoms with E-state index in [9.17, 15) is 4.79 Å². The molecule has 1 amide bonds. The highest BCUT2D eigenvalue weighted by Crippen LogP contribution is 2.16. The van der Waals surface area contributed by atoms with Crippen LogP contribution in [0.3, 0.4) is 0 Å². The lowest BCUT2D eigenvalue weighted by molar-refractivity contribution is 0.0939. The van der Waals surface area contributed by atoms with Gasteiger partial charge in [0.1, 0.15) is 12.4 Å². The summed E-state index contributed by atoms with van der Waals surface area (Å²) in [5.74, 6) is 0.647. The molecule has 0 spiro atoms. The summed E-state index contributed by atoms with van der Waals surface area (Å²) in [6.45, 7) is 6.60. The molecule has 0 aromatic heterocycles. The Bertz CT molecular complexity index is 637. The third-order valence-electron chi connectivity index (χ3n) is 3.57. The lowest BCUT2D eigenvalue weighted by Crippen LogP contribution is -2.31. The van der Waals surface area contributed by atoms with E-state index in [1.807, 2.05) is 38.1 Å². The Balaban J connectivity index is 2.00. The van der Waals surface area contributed by atoms with Gasteiger partial charge in [0.25, 0.3) is 5.91 Å². The average Bonchev–Trinajstić information content (AvgIpc) is 2.53. The number of rotatable bonds is 6. The van der Waals surface area contributed by atoms with Crippen molar-refractivity contribution in [1.82, 2.24) is 5.32 Å². The molecule has 2 aromatic carbocycles. The highest BCUT2D eigenvalue weighted by molar-refractivity contribution is 5.94. The van der Waals surface area contributed by atoms with Crippen LogP contribution in [0, 0.1) is 6.92 Å². The van der Waals surface area contributed by atoms with Gasteiger partial charge in [0.2, 0.25) is 0 Å². The van der Waals surface area contributed by atoms with E-state index in [1.54, 1.807) is 12.1 Å². The largest absolute Gasteiger partial charge is 0.489 e. The van der Waals surface area contributed by atoms with Gasteiger partial charge in [-0.2, -0.15) is 0 Å². The first-order valence-corrected chi connectivity index (χ1v) is 7.67. The molecular formula is C19H23NO2. The van der Waals surface area contributed by atoms with Crippen LogP contribution in [0.25, 0.3) is 0 Å². The van der Waals surface area contributed by atoms with Crippen LogP contribution in [0.4, 0.5) is 0 Å². The quantitative estimate of drug-likeness (QED) is 0.871. The zero-order valence-corrected chi connectivity index (χ0v) is 13.4. The Morgan fingerprint density at radius 3 is 2.68 bits per heavy atom. The lowest BCUT2D eigenvalue weighted by atomic mass is 10.1. The minimum atomic E-state index is -0.0599. The third kappa shape index (κ3) is 4.62. The lowest BCUT2D eigenvalue weighted by Gasteiger charge is -2.12. The van der Waals surface area contributed by atoms with E-state index in [0.29, 0.717) is 17.9 Å². The molecule has 0 heterocycles. The standard InChI is InChI=1S/C19H23NO2/c1-4-15(3)20-19(21)17-9-6-10-18(12-17)22-13-16-8-5-7-14(2)11-16/h5-12,15H,4,13H2,1-3H3,(H,20,21). The number of aryl methyl sites for hydroxylation is 1. The van der Waals surface area contributed by atoms with Gasteiger partial charge in [0.05, 0.1) is 0 Å². The van der Waals surface area contributed by atoms with E-state index in [4.69, 9.17) is 4.74 Å². The monoisotopic (exact) mass is 297 g/mol. The number of nitrogens with one attached hydrogen (secondary N) is 1. The number of amides is 1. The summed E-state index contributed by atoms with van der Waals surface area (Å²) in [4.78, 5) is 12.1. The second-order valence-corrected chi connectivity index (χ2v) is 5.59. The van der Waals surface area contributed by atoms with Crippen molar-refractivity contribution in [3.63, 3.8) is 0 Å². The predicted molar refractivity (Wildman–Crippen MR) is 89.2 cm³/mol. The molecule has 1 atom stereocenters. The van der Waals surface area contributed by atoms with Gasteiger partial charge < -0.3 is 10.1 Å². The molecule has 0 saturated carbocycles. The van der Waals surface area contributed by atoms with Crippen molar-refractivity contribution in [2.45, 2.75) is 39.8 Å².